The fourth-order valence-corrected chi connectivity index (χ4v) is 3.89. The van der Waals surface area contributed by atoms with Gasteiger partial charge in [0.1, 0.15) is 17.8 Å². The lowest BCUT2D eigenvalue weighted by atomic mass is 10.0. The van der Waals surface area contributed by atoms with Crippen molar-refractivity contribution < 1.29 is 23.5 Å². The molecule has 2 amide bonds. The van der Waals surface area contributed by atoms with Crippen molar-refractivity contribution in [2.45, 2.75) is 32.4 Å². The summed E-state index contributed by atoms with van der Waals surface area (Å²) in [6, 6.07) is 16.4. The number of aryl methyl sites for hydroxylation is 1. The Labute approximate surface area is 207 Å². The van der Waals surface area contributed by atoms with Crippen LogP contribution < -0.4 is 5.32 Å². The van der Waals surface area contributed by atoms with Crippen LogP contribution in [0.2, 0.25) is 5.02 Å². The van der Waals surface area contributed by atoms with Crippen LogP contribution in [0.5, 0.6) is 0 Å². The predicted octanol–water partition coefficient (Wildman–Crippen LogP) is 4.28. The van der Waals surface area contributed by atoms with Gasteiger partial charge in [-0.1, -0.05) is 53.6 Å². The number of amides is 2. The van der Waals surface area contributed by atoms with E-state index in [1.165, 1.54) is 18.2 Å². The Morgan fingerprint density at radius 3 is 2.57 bits per heavy atom. The number of hydrogen-bond acceptors (Lipinski definition) is 6. The van der Waals surface area contributed by atoms with E-state index in [1.807, 2.05) is 31.2 Å². The molecule has 0 saturated heterocycles. The molecule has 2 unspecified atom stereocenters. The number of carbonyl (C=O) groups is 3. The van der Waals surface area contributed by atoms with E-state index in [-0.39, 0.29) is 10.6 Å². The second-order valence-electron chi connectivity index (χ2n) is 8.17. The third-order valence-corrected chi connectivity index (χ3v) is 5.91. The highest BCUT2D eigenvalue weighted by Gasteiger charge is 2.35. The topological polar surface area (TPSA) is 101 Å². The summed E-state index contributed by atoms with van der Waals surface area (Å²) in [4.78, 5) is 37.8. The molecule has 0 fully saturated rings. The molecule has 1 aliphatic heterocycles. The Bertz CT molecular complexity index is 1250. The van der Waals surface area contributed by atoms with Crippen molar-refractivity contribution in [2.24, 2.45) is 5.10 Å². The zero-order valence-electron chi connectivity index (χ0n) is 19.2. The standard InChI is InChI=1S/C26H24ClN3O5/c1-16-9-11-18(12-10-16)21-14-22(23-8-5-13-34-23)30(29-21)24(31)15-35-26(33)17(2)28-25(32)19-6-3-4-7-20(19)27/h3-13,17,22H,14-15H2,1-2H3,(H,28,32). The molecule has 1 aliphatic rings. The molecule has 0 spiro atoms. The van der Waals surface area contributed by atoms with Gasteiger partial charge in [0.15, 0.2) is 6.61 Å². The van der Waals surface area contributed by atoms with Gasteiger partial charge in [0.25, 0.3) is 11.8 Å². The van der Waals surface area contributed by atoms with Crippen LogP contribution in [0.25, 0.3) is 0 Å². The first-order chi connectivity index (χ1) is 16.8. The monoisotopic (exact) mass is 493 g/mol. The molecule has 2 aromatic carbocycles. The summed E-state index contributed by atoms with van der Waals surface area (Å²) in [7, 11) is 0. The van der Waals surface area contributed by atoms with E-state index in [9.17, 15) is 14.4 Å². The SMILES string of the molecule is Cc1ccc(C2=NN(C(=O)COC(=O)C(C)NC(=O)c3ccccc3Cl)C(c3ccco3)C2)cc1. The normalized spacial score (nSPS) is 15.9. The molecule has 9 heteroatoms. The first kappa shape index (κ1) is 24.2. The summed E-state index contributed by atoms with van der Waals surface area (Å²) in [5.74, 6) is -1.20. The zero-order chi connectivity index (χ0) is 24.9. The maximum atomic E-state index is 13.0. The lowest BCUT2D eigenvalue weighted by molar-refractivity contribution is -0.154. The average molecular weight is 494 g/mol. The van der Waals surface area contributed by atoms with Gasteiger partial charge in [-0.25, -0.2) is 9.80 Å². The van der Waals surface area contributed by atoms with Crippen molar-refractivity contribution in [2.75, 3.05) is 6.61 Å². The summed E-state index contributed by atoms with van der Waals surface area (Å²) in [5.41, 5.74) is 2.98. The van der Waals surface area contributed by atoms with E-state index >= 15 is 0 Å². The molecular formula is C26H24ClN3O5. The van der Waals surface area contributed by atoms with Crippen LogP contribution in [0.4, 0.5) is 0 Å². The van der Waals surface area contributed by atoms with Gasteiger partial charge in [-0.2, -0.15) is 5.10 Å². The molecule has 180 valence electrons. The fourth-order valence-electron chi connectivity index (χ4n) is 3.67. The molecule has 0 aliphatic carbocycles. The minimum absolute atomic E-state index is 0.237. The molecule has 2 atom stereocenters. The number of esters is 1. The Kier molecular flexibility index (Phi) is 7.31. The highest BCUT2D eigenvalue weighted by Crippen LogP contribution is 2.33. The van der Waals surface area contributed by atoms with Crippen molar-refractivity contribution in [1.82, 2.24) is 10.3 Å². The van der Waals surface area contributed by atoms with Gasteiger partial charge in [0.2, 0.25) is 0 Å². The fraction of sp³-hybridized carbons (Fsp3) is 0.231. The number of nitrogens with zero attached hydrogens (tertiary/aromatic N) is 2. The quantitative estimate of drug-likeness (QED) is 0.495. The summed E-state index contributed by atoms with van der Waals surface area (Å²) in [6.07, 6.45) is 1.99. The van der Waals surface area contributed by atoms with Crippen LogP contribution in [0, 0.1) is 6.92 Å². The largest absolute Gasteiger partial charge is 0.467 e. The molecular weight excluding hydrogens is 470 g/mol. The van der Waals surface area contributed by atoms with Crippen LogP contribution in [0.15, 0.2) is 76.4 Å². The number of benzene rings is 2. The van der Waals surface area contributed by atoms with Crippen molar-refractivity contribution in [1.29, 1.82) is 0 Å². The number of halogens is 1. The first-order valence-corrected chi connectivity index (χ1v) is 11.4. The summed E-state index contributed by atoms with van der Waals surface area (Å²) in [6.45, 7) is 2.93. The molecule has 4 rings (SSSR count). The van der Waals surface area contributed by atoms with Crippen molar-refractivity contribution in [3.05, 3.63) is 94.4 Å². The first-order valence-electron chi connectivity index (χ1n) is 11.1. The lowest BCUT2D eigenvalue weighted by Gasteiger charge is -2.20. The van der Waals surface area contributed by atoms with Crippen molar-refractivity contribution in [3.63, 3.8) is 0 Å². The molecule has 0 bridgehead atoms. The van der Waals surface area contributed by atoms with E-state index in [2.05, 4.69) is 10.4 Å². The number of hydrazone groups is 1. The number of rotatable bonds is 7. The Balaban J connectivity index is 1.41. The second-order valence-corrected chi connectivity index (χ2v) is 8.58. The zero-order valence-corrected chi connectivity index (χ0v) is 20.0. The van der Waals surface area contributed by atoms with Gasteiger partial charge in [0, 0.05) is 6.42 Å². The Morgan fingerprint density at radius 2 is 1.89 bits per heavy atom. The molecule has 2 heterocycles. The number of furan rings is 1. The maximum Gasteiger partial charge on any atom is 0.328 e. The highest BCUT2D eigenvalue weighted by atomic mass is 35.5. The smallest absolute Gasteiger partial charge is 0.328 e. The third kappa shape index (κ3) is 5.60. The molecule has 3 aromatic rings. The number of nitrogens with one attached hydrogen (secondary N) is 1. The van der Waals surface area contributed by atoms with Crippen LogP contribution in [-0.4, -0.2) is 41.2 Å². The minimum Gasteiger partial charge on any atom is -0.467 e. The molecule has 1 aromatic heterocycles. The summed E-state index contributed by atoms with van der Waals surface area (Å²) >= 11 is 6.03. The maximum absolute atomic E-state index is 13.0. The second kappa shape index (κ2) is 10.6. The van der Waals surface area contributed by atoms with Gasteiger partial charge in [0.05, 0.1) is 22.6 Å². The van der Waals surface area contributed by atoms with Crippen LogP contribution in [0.1, 0.15) is 46.6 Å². The van der Waals surface area contributed by atoms with E-state index in [4.69, 9.17) is 20.8 Å². The van der Waals surface area contributed by atoms with Gasteiger partial charge in [-0.3, -0.25) is 9.59 Å². The summed E-state index contributed by atoms with van der Waals surface area (Å²) < 4.78 is 10.7. The van der Waals surface area contributed by atoms with Crippen molar-refractivity contribution >= 4 is 35.1 Å². The Hall–Kier alpha value is -3.91. The number of hydrogen-bond donors (Lipinski definition) is 1. The number of ether oxygens (including phenoxy) is 1. The lowest BCUT2D eigenvalue weighted by Crippen LogP contribution is -2.41. The average Bonchev–Trinajstić information content (AvgIpc) is 3.53. The summed E-state index contributed by atoms with van der Waals surface area (Å²) in [5, 5.41) is 8.59. The molecule has 1 N–H and O–H groups in total. The van der Waals surface area contributed by atoms with Crippen LogP contribution in [0.3, 0.4) is 0 Å². The van der Waals surface area contributed by atoms with Crippen LogP contribution >= 0.6 is 11.6 Å². The van der Waals surface area contributed by atoms with Crippen molar-refractivity contribution in [3.8, 4) is 0 Å². The van der Waals surface area contributed by atoms with Gasteiger partial charge in [-0.05, 0) is 43.7 Å². The van der Waals surface area contributed by atoms with E-state index in [0.29, 0.717) is 12.2 Å². The van der Waals surface area contributed by atoms with Gasteiger partial charge >= 0.3 is 5.97 Å². The van der Waals surface area contributed by atoms with E-state index in [0.717, 1.165) is 16.8 Å². The highest BCUT2D eigenvalue weighted by molar-refractivity contribution is 6.33. The minimum atomic E-state index is -0.988. The molecule has 0 radical (unpaired) electrons. The van der Waals surface area contributed by atoms with E-state index in [1.54, 1.807) is 36.4 Å². The molecule has 8 nitrogen and oxygen atoms in total. The molecule has 0 saturated carbocycles. The van der Waals surface area contributed by atoms with E-state index < -0.39 is 36.5 Å². The van der Waals surface area contributed by atoms with Crippen LogP contribution in [-0.2, 0) is 14.3 Å². The predicted molar refractivity (Wildman–Crippen MR) is 130 cm³/mol. The van der Waals surface area contributed by atoms with Gasteiger partial charge in [-0.15, -0.1) is 0 Å². The third-order valence-electron chi connectivity index (χ3n) is 5.58. The molecule has 35 heavy (non-hydrogen) atoms. The van der Waals surface area contributed by atoms with Gasteiger partial charge < -0.3 is 14.5 Å². The Morgan fingerprint density at radius 1 is 1.14 bits per heavy atom. The number of carbonyl (C=O) groups excluding carboxylic acids is 3.